The lowest BCUT2D eigenvalue weighted by Gasteiger charge is -2.06. The third kappa shape index (κ3) is 3.70. The lowest BCUT2D eigenvalue weighted by atomic mass is 10.2. The number of carbonyl (C=O) groups excluding carboxylic acids is 2. The van der Waals surface area contributed by atoms with Gasteiger partial charge in [-0.1, -0.05) is 17.7 Å². The molecule has 1 aromatic carbocycles. The number of H-pyrrole nitrogens is 1. The molecule has 0 radical (unpaired) electrons. The molecule has 2 aromatic rings. The number of benzene rings is 1. The Morgan fingerprint density at radius 1 is 1.11 bits per heavy atom. The van der Waals surface area contributed by atoms with Gasteiger partial charge in [-0.2, -0.15) is 0 Å². The number of nitrogens with one attached hydrogen (secondary N) is 3. The standard InChI is InChI=1S/C14H15N3O2/c1-10-2-4-12(5-3-10)17-14(19)13(18)16-9-11-6-7-15-8-11/h2-8,15H,9H2,1H3,(H,16,18)(H,17,19). The van der Waals surface area contributed by atoms with Gasteiger partial charge in [0.15, 0.2) is 0 Å². The third-order valence-corrected chi connectivity index (χ3v) is 2.63. The van der Waals surface area contributed by atoms with Crippen molar-refractivity contribution >= 4 is 17.5 Å². The van der Waals surface area contributed by atoms with Gasteiger partial charge in [0.05, 0.1) is 0 Å². The van der Waals surface area contributed by atoms with Crippen molar-refractivity contribution in [2.75, 3.05) is 5.32 Å². The Bertz CT molecular complexity index is 559. The van der Waals surface area contributed by atoms with Gasteiger partial charge in [0, 0.05) is 24.6 Å². The second-order valence-electron chi connectivity index (χ2n) is 4.22. The molecule has 1 heterocycles. The Morgan fingerprint density at radius 3 is 2.47 bits per heavy atom. The second kappa shape index (κ2) is 5.86. The largest absolute Gasteiger partial charge is 0.367 e. The molecule has 1 aromatic heterocycles. The van der Waals surface area contributed by atoms with Crippen molar-refractivity contribution in [3.8, 4) is 0 Å². The lowest BCUT2D eigenvalue weighted by Crippen LogP contribution is -2.34. The summed E-state index contributed by atoms with van der Waals surface area (Å²) < 4.78 is 0. The SMILES string of the molecule is Cc1ccc(NC(=O)C(=O)NCc2cc[nH]c2)cc1. The highest BCUT2D eigenvalue weighted by Crippen LogP contribution is 2.08. The fraction of sp³-hybridized carbons (Fsp3) is 0.143. The minimum absolute atomic E-state index is 0.323. The van der Waals surface area contributed by atoms with Crippen LogP contribution in [0, 0.1) is 6.92 Å². The van der Waals surface area contributed by atoms with E-state index >= 15 is 0 Å². The predicted molar refractivity (Wildman–Crippen MR) is 72.4 cm³/mol. The molecule has 5 heteroatoms. The van der Waals surface area contributed by atoms with Gasteiger partial charge in [-0.3, -0.25) is 9.59 Å². The van der Waals surface area contributed by atoms with Gasteiger partial charge < -0.3 is 15.6 Å². The van der Waals surface area contributed by atoms with Crippen molar-refractivity contribution < 1.29 is 9.59 Å². The van der Waals surface area contributed by atoms with Crippen LogP contribution in [-0.2, 0) is 16.1 Å². The lowest BCUT2D eigenvalue weighted by molar-refractivity contribution is -0.136. The van der Waals surface area contributed by atoms with Crippen molar-refractivity contribution in [1.82, 2.24) is 10.3 Å². The molecule has 0 aliphatic rings. The fourth-order valence-corrected chi connectivity index (χ4v) is 1.56. The van der Waals surface area contributed by atoms with Crippen LogP contribution in [0.2, 0.25) is 0 Å². The highest BCUT2D eigenvalue weighted by Gasteiger charge is 2.13. The Morgan fingerprint density at radius 2 is 1.84 bits per heavy atom. The van der Waals surface area contributed by atoms with E-state index in [0.717, 1.165) is 11.1 Å². The molecular weight excluding hydrogens is 242 g/mol. The van der Waals surface area contributed by atoms with Gasteiger partial charge in [0.2, 0.25) is 0 Å². The molecule has 0 aliphatic carbocycles. The maximum atomic E-state index is 11.6. The molecular formula is C14H15N3O2. The van der Waals surface area contributed by atoms with Gasteiger partial charge in [-0.05, 0) is 30.7 Å². The molecule has 0 aliphatic heterocycles. The number of hydrogen-bond donors (Lipinski definition) is 3. The Kier molecular flexibility index (Phi) is 3.97. The van der Waals surface area contributed by atoms with Crippen molar-refractivity contribution in [2.24, 2.45) is 0 Å². The van der Waals surface area contributed by atoms with E-state index in [1.807, 2.05) is 25.1 Å². The Hall–Kier alpha value is -2.56. The Labute approximate surface area is 111 Å². The first-order valence-electron chi connectivity index (χ1n) is 5.92. The Balaban J connectivity index is 1.85. The number of aryl methyl sites for hydroxylation is 1. The number of hydrogen-bond acceptors (Lipinski definition) is 2. The summed E-state index contributed by atoms with van der Waals surface area (Å²) in [6.07, 6.45) is 3.52. The summed E-state index contributed by atoms with van der Waals surface area (Å²) in [5, 5.41) is 5.09. The topological polar surface area (TPSA) is 74.0 Å². The van der Waals surface area contributed by atoms with Crippen LogP contribution in [0.3, 0.4) is 0 Å². The zero-order valence-corrected chi connectivity index (χ0v) is 10.6. The first kappa shape index (κ1) is 12.9. The van der Waals surface area contributed by atoms with E-state index in [4.69, 9.17) is 0 Å². The van der Waals surface area contributed by atoms with Gasteiger partial charge in [0.25, 0.3) is 0 Å². The molecule has 0 saturated heterocycles. The van der Waals surface area contributed by atoms with E-state index in [1.54, 1.807) is 24.5 Å². The zero-order valence-electron chi connectivity index (χ0n) is 10.6. The van der Waals surface area contributed by atoms with Crippen LogP contribution >= 0.6 is 0 Å². The van der Waals surface area contributed by atoms with Gasteiger partial charge in [-0.15, -0.1) is 0 Å². The first-order chi connectivity index (χ1) is 9.15. The molecule has 0 fully saturated rings. The summed E-state index contributed by atoms with van der Waals surface area (Å²) in [6, 6.07) is 9.08. The number of aromatic nitrogens is 1. The molecule has 98 valence electrons. The highest BCUT2D eigenvalue weighted by molar-refractivity contribution is 6.39. The number of amides is 2. The van der Waals surface area contributed by atoms with Crippen LogP contribution in [0.15, 0.2) is 42.7 Å². The number of carbonyl (C=O) groups is 2. The smallest absolute Gasteiger partial charge is 0.313 e. The van der Waals surface area contributed by atoms with Crippen molar-refractivity contribution in [3.05, 3.63) is 53.9 Å². The molecule has 0 bridgehead atoms. The summed E-state index contributed by atoms with van der Waals surface area (Å²) in [7, 11) is 0. The molecule has 19 heavy (non-hydrogen) atoms. The van der Waals surface area contributed by atoms with E-state index in [0.29, 0.717) is 12.2 Å². The summed E-state index contributed by atoms with van der Waals surface area (Å²) >= 11 is 0. The van der Waals surface area contributed by atoms with E-state index < -0.39 is 11.8 Å². The van der Waals surface area contributed by atoms with Crippen LogP contribution in [0.4, 0.5) is 5.69 Å². The van der Waals surface area contributed by atoms with Gasteiger partial charge in [-0.25, -0.2) is 0 Å². The molecule has 2 amide bonds. The van der Waals surface area contributed by atoms with E-state index in [2.05, 4.69) is 15.6 Å². The minimum Gasteiger partial charge on any atom is -0.367 e. The van der Waals surface area contributed by atoms with E-state index in [-0.39, 0.29) is 0 Å². The fourth-order valence-electron chi connectivity index (χ4n) is 1.56. The van der Waals surface area contributed by atoms with Crippen molar-refractivity contribution in [3.63, 3.8) is 0 Å². The number of rotatable bonds is 3. The minimum atomic E-state index is -0.667. The van der Waals surface area contributed by atoms with Crippen LogP contribution in [0.25, 0.3) is 0 Å². The molecule has 0 saturated carbocycles. The van der Waals surface area contributed by atoms with Crippen molar-refractivity contribution in [2.45, 2.75) is 13.5 Å². The third-order valence-electron chi connectivity index (χ3n) is 2.63. The normalized spacial score (nSPS) is 9.95. The summed E-state index contributed by atoms with van der Waals surface area (Å²) in [5.41, 5.74) is 2.61. The van der Waals surface area contributed by atoms with E-state index in [9.17, 15) is 9.59 Å². The molecule has 0 atom stereocenters. The van der Waals surface area contributed by atoms with Gasteiger partial charge >= 0.3 is 11.8 Å². The predicted octanol–water partition coefficient (Wildman–Crippen LogP) is 1.58. The average molecular weight is 257 g/mol. The van der Waals surface area contributed by atoms with Crippen molar-refractivity contribution in [1.29, 1.82) is 0 Å². The number of aromatic amines is 1. The van der Waals surface area contributed by atoms with Crippen LogP contribution in [-0.4, -0.2) is 16.8 Å². The molecule has 0 spiro atoms. The molecule has 3 N–H and O–H groups in total. The molecule has 2 rings (SSSR count). The monoisotopic (exact) mass is 257 g/mol. The van der Waals surface area contributed by atoms with Crippen LogP contribution in [0.5, 0.6) is 0 Å². The summed E-state index contributed by atoms with van der Waals surface area (Å²) in [5.74, 6) is -1.32. The maximum absolute atomic E-state index is 11.6. The quantitative estimate of drug-likeness (QED) is 0.730. The molecule has 5 nitrogen and oxygen atoms in total. The highest BCUT2D eigenvalue weighted by atomic mass is 16.2. The van der Waals surface area contributed by atoms with Crippen LogP contribution in [0.1, 0.15) is 11.1 Å². The summed E-state index contributed by atoms with van der Waals surface area (Å²) in [4.78, 5) is 26.1. The van der Waals surface area contributed by atoms with E-state index in [1.165, 1.54) is 0 Å². The summed E-state index contributed by atoms with van der Waals surface area (Å²) in [6.45, 7) is 2.28. The molecule has 0 unspecified atom stereocenters. The van der Waals surface area contributed by atoms with Gasteiger partial charge in [0.1, 0.15) is 0 Å². The number of anilines is 1. The average Bonchev–Trinajstić information content (AvgIpc) is 2.91. The zero-order chi connectivity index (χ0) is 13.7. The first-order valence-corrected chi connectivity index (χ1v) is 5.92. The maximum Gasteiger partial charge on any atom is 0.313 e. The van der Waals surface area contributed by atoms with Crippen LogP contribution < -0.4 is 10.6 Å². The second-order valence-corrected chi connectivity index (χ2v) is 4.22.